The molecule has 0 bridgehead atoms. The van der Waals surface area contributed by atoms with Crippen LogP contribution >= 0.6 is 0 Å². The lowest BCUT2D eigenvalue weighted by Crippen LogP contribution is -2.11. The first-order chi connectivity index (χ1) is 8.70. The first-order valence-corrected chi connectivity index (χ1v) is 6.45. The van der Waals surface area contributed by atoms with Gasteiger partial charge in [-0.05, 0) is 30.4 Å². The summed E-state index contributed by atoms with van der Waals surface area (Å²) in [5, 5.41) is 14.5. The predicted octanol–water partition coefficient (Wildman–Crippen LogP) is 2.82. The van der Waals surface area contributed by atoms with Gasteiger partial charge in [-0.15, -0.1) is 0 Å². The van der Waals surface area contributed by atoms with Gasteiger partial charge in [0.25, 0.3) is 0 Å². The Labute approximate surface area is 108 Å². The van der Waals surface area contributed by atoms with Crippen LogP contribution in [-0.4, -0.2) is 14.9 Å². The van der Waals surface area contributed by atoms with E-state index in [4.69, 9.17) is 0 Å². The molecule has 0 radical (unpaired) electrons. The minimum Gasteiger partial charge on any atom is -0.388 e. The van der Waals surface area contributed by atoms with Crippen molar-refractivity contribution in [2.24, 2.45) is 5.92 Å². The monoisotopic (exact) mass is 244 g/mol. The van der Waals surface area contributed by atoms with Gasteiger partial charge in [-0.2, -0.15) is 5.10 Å². The molecule has 3 nitrogen and oxygen atoms in total. The number of aromatic nitrogens is 2. The van der Waals surface area contributed by atoms with Crippen molar-refractivity contribution in [3.8, 4) is 0 Å². The van der Waals surface area contributed by atoms with Gasteiger partial charge in [0.2, 0.25) is 0 Å². The molecule has 0 saturated carbocycles. The number of hydrogen-bond donors (Lipinski definition) is 1. The molecule has 96 valence electrons. The Morgan fingerprint density at radius 3 is 2.61 bits per heavy atom. The number of rotatable bonds is 5. The van der Waals surface area contributed by atoms with E-state index in [-0.39, 0.29) is 5.92 Å². The average molecular weight is 244 g/mol. The molecular formula is C15H20N2O. The summed E-state index contributed by atoms with van der Waals surface area (Å²) in [5.74, 6) is 0.182. The molecule has 0 amide bonds. The molecule has 3 heteroatoms. The number of aliphatic hydroxyl groups excluding tert-OH is 1. The summed E-state index contributed by atoms with van der Waals surface area (Å²) in [7, 11) is 0. The van der Waals surface area contributed by atoms with Crippen LogP contribution in [0.15, 0.2) is 42.7 Å². The molecule has 0 spiro atoms. The van der Waals surface area contributed by atoms with Crippen LogP contribution in [0.3, 0.4) is 0 Å². The third-order valence-electron chi connectivity index (χ3n) is 3.25. The summed E-state index contributed by atoms with van der Waals surface area (Å²) >= 11 is 0. The molecule has 0 saturated heterocycles. The van der Waals surface area contributed by atoms with E-state index >= 15 is 0 Å². The molecule has 2 unspecified atom stereocenters. The molecule has 2 rings (SSSR count). The SMILES string of the molecule is CCn1cc(CC(C)C(O)c2ccccc2)cn1. The second-order valence-electron chi connectivity index (χ2n) is 4.74. The van der Waals surface area contributed by atoms with E-state index in [1.165, 1.54) is 5.56 Å². The molecule has 0 aliphatic carbocycles. The van der Waals surface area contributed by atoms with Crippen LogP contribution in [-0.2, 0) is 13.0 Å². The maximum atomic E-state index is 10.3. The van der Waals surface area contributed by atoms with Crippen LogP contribution in [0.2, 0.25) is 0 Å². The van der Waals surface area contributed by atoms with Crippen LogP contribution in [0, 0.1) is 5.92 Å². The molecule has 1 heterocycles. The lowest BCUT2D eigenvalue weighted by atomic mass is 9.92. The van der Waals surface area contributed by atoms with Crippen molar-refractivity contribution in [3.05, 3.63) is 53.9 Å². The number of aliphatic hydroxyl groups is 1. The summed E-state index contributed by atoms with van der Waals surface area (Å²) in [6.07, 6.45) is 4.36. The maximum Gasteiger partial charge on any atom is 0.0818 e. The maximum absolute atomic E-state index is 10.3. The van der Waals surface area contributed by atoms with Gasteiger partial charge in [0.05, 0.1) is 12.3 Å². The highest BCUT2D eigenvalue weighted by molar-refractivity contribution is 5.18. The fraction of sp³-hybridized carbons (Fsp3) is 0.400. The molecule has 0 aliphatic rings. The first kappa shape index (κ1) is 12.8. The molecule has 0 fully saturated rings. The highest BCUT2D eigenvalue weighted by atomic mass is 16.3. The fourth-order valence-electron chi connectivity index (χ4n) is 2.15. The van der Waals surface area contributed by atoms with Crippen LogP contribution in [0.25, 0.3) is 0 Å². The summed E-state index contributed by atoms with van der Waals surface area (Å²) < 4.78 is 1.91. The normalized spacial score (nSPS) is 14.4. The Morgan fingerprint density at radius 1 is 1.28 bits per heavy atom. The van der Waals surface area contributed by atoms with Crippen molar-refractivity contribution >= 4 is 0 Å². The molecule has 0 aliphatic heterocycles. The Kier molecular flexibility index (Phi) is 4.15. The van der Waals surface area contributed by atoms with E-state index in [9.17, 15) is 5.11 Å². The molecule has 1 N–H and O–H groups in total. The number of aryl methyl sites for hydroxylation is 1. The van der Waals surface area contributed by atoms with Gasteiger partial charge in [0.15, 0.2) is 0 Å². The second-order valence-corrected chi connectivity index (χ2v) is 4.74. The highest BCUT2D eigenvalue weighted by Gasteiger charge is 2.17. The smallest absolute Gasteiger partial charge is 0.0818 e. The minimum absolute atomic E-state index is 0.182. The van der Waals surface area contributed by atoms with Gasteiger partial charge in [-0.25, -0.2) is 0 Å². The Morgan fingerprint density at radius 2 is 2.00 bits per heavy atom. The zero-order valence-corrected chi connectivity index (χ0v) is 11.0. The summed E-state index contributed by atoms with van der Waals surface area (Å²) in [4.78, 5) is 0. The fourth-order valence-corrected chi connectivity index (χ4v) is 2.15. The minimum atomic E-state index is -0.420. The van der Waals surface area contributed by atoms with E-state index in [2.05, 4.69) is 18.9 Å². The first-order valence-electron chi connectivity index (χ1n) is 6.45. The number of hydrogen-bond acceptors (Lipinski definition) is 2. The van der Waals surface area contributed by atoms with Crippen molar-refractivity contribution < 1.29 is 5.11 Å². The third kappa shape index (κ3) is 2.99. The van der Waals surface area contributed by atoms with Crippen LogP contribution in [0.5, 0.6) is 0 Å². The highest BCUT2D eigenvalue weighted by Crippen LogP contribution is 2.24. The summed E-state index contributed by atoms with van der Waals surface area (Å²) in [5.41, 5.74) is 2.16. The second kappa shape index (κ2) is 5.83. The van der Waals surface area contributed by atoms with E-state index in [1.54, 1.807) is 0 Å². The standard InChI is InChI=1S/C15H20N2O/c1-3-17-11-13(10-16-17)9-12(2)15(18)14-7-5-4-6-8-14/h4-8,10-12,15,18H,3,9H2,1-2H3. The topological polar surface area (TPSA) is 38.0 Å². The zero-order valence-electron chi connectivity index (χ0n) is 11.0. The van der Waals surface area contributed by atoms with Crippen molar-refractivity contribution in [2.75, 3.05) is 0 Å². The van der Waals surface area contributed by atoms with Gasteiger partial charge in [0, 0.05) is 12.7 Å². The van der Waals surface area contributed by atoms with E-state index in [0.29, 0.717) is 0 Å². The van der Waals surface area contributed by atoms with Crippen molar-refractivity contribution in [1.82, 2.24) is 9.78 Å². The van der Waals surface area contributed by atoms with E-state index < -0.39 is 6.10 Å². The zero-order chi connectivity index (χ0) is 13.0. The lowest BCUT2D eigenvalue weighted by Gasteiger charge is -2.18. The summed E-state index contributed by atoms with van der Waals surface area (Å²) in [6.45, 7) is 5.02. The van der Waals surface area contributed by atoms with Gasteiger partial charge < -0.3 is 5.11 Å². The third-order valence-corrected chi connectivity index (χ3v) is 3.25. The van der Waals surface area contributed by atoms with Crippen LogP contribution < -0.4 is 0 Å². The largest absolute Gasteiger partial charge is 0.388 e. The lowest BCUT2D eigenvalue weighted by molar-refractivity contribution is 0.117. The molecular weight excluding hydrogens is 224 g/mol. The Balaban J connectivity index is 2.01. The van der Waals surface area contributed by atoms with Gasteiger partial charge in [0.1, 0.15) is 0 Å². The Hall–Kier alpha value is -1.61. The van der Waals surface area contributed by atoms with Crippen molar-refractivity contribution in [1.29, 1.82) is 0 Å². The molecule has 1 aromatic carbocycles. The number of benzene rings is 1. The molecule has 2 aromatic rings. The summed E-state index contributed by atoms with van der Waals surface area (Å²) in [6, 6.07) is 9.82. The van der Waals surface area contributed by atoms with Crippen molar-refractivity contribution in [2.45, 2.75) is 32.9 Å². The molecule has 1 aromatic heterocycles. The van der Waals surface area contributed by atoms with Gasteiger partial charge in [-0.1, -0.05) is 37.3 Å². The van der Waals surface area contributed by atoms with Crippen LogP contribution in [0.4, 0.5) is 0 Å². The average Bonchev–Trinajstić information content (AvgIpc) is 2.86. The van der Waals surface area contributed by atoms with Gasteiger partial charge in [-0.3, -0.25) is 4.68 Å². The Bertz CT molecular complexity index is 478. The molecule has 18 heavy (non-hydrogen) atoms. The molecule has 2 atom stereocenters. The van der Waals surface area contributed by atoms with E-state index in [0.717, 1.165) is 18.5 Å². The predicted molar refractivity (Wildman–Crippen MR) is 72.2 cm³/mol. The van der Waals surface area contributed by atoms with E-state index in [1.807, 2.05) is 47.4 Å². The van der Waals surface area contributed by atoms with Crippen LogP contribution in [0.1, 0.15) is 31.1 Å². The number of nitrogens with zero attached hydrogens (tertiary/aromatic N) is 2. The van der Waals surface area contributed by atoms with Gasteiger partial charge >= 0.3 is 0 Å². The quantitative estimate of drug-likeness (QED) is 0.878. The van der Waals surface area contributed by atoms with Crippen molar-refractivity contribution in [3.63, 3.8) is 0 Å².